The van der Waals surface area contributed by atoms with Crippen molar-refractivity contribution in [1.29, 1.82) is 0 Å². The lowest BCUT2D eigenvalue weighted by Crippen LogP contribution is -2.43. The predicted molar refractivity (Wildman–Crippen MR) is 120 cm³/mol. The number of amides is 1. The zero-order valence-corrected chi connectivity index (χ0v) is 17.9. The van der Waals surface area contributed by atoms with Crippen molar-refractivity contribution in [3.05, 3.63) is 48.6 Å². The van der Waals surface area contributed by atoms with Crippen molar-refractivity contribution in [2.24, 2.45) is 0 Å². The second kappa shape index (κ2) is 17.5. The highest BCUT2D eigenvalue weighted by molar-refractivity contribution is 5.76. The van der Waals surface area contributed by atoms with Gasteiger partial charge in [0.25, 0.3) is 0 Å². The van der Waals surface area contributed by atoms with Crippen molar-refractivity contribution in [1.82, 2.24) is 4.90 Å². The minimum Gasteiger partial charge on any atom is -0.374 e. The number of nitrogens with zero attached hydrogens (tertiary/aromatic N) is 1. The van der Waals surface area contributed by atoms with Crippen molar-refractivity contribution in [3.8, 4) is 0 Å². The number of piperidine rings is 1. The Labute approximate surface area is 172 Å². The Hall–Kier alpha value is -1.61. The molecule has 0 bridgehead atoms. The standard InChI is InChI=1S/C25H41NO2/c1-2-3-4-5-6-7-8-9-10-11-12-13-14-15-16-17-18-21-24(27)26-23-20-19-22-25(26)28/h6-7,9-10,12-13,15-16,25,28H,2-5,8,11,14,17-23H2,1H3/b7-6-,10-9-,13-12-,16-15-. The predicted octanol–water partition coefficient (Wildman–Crippen LogP) is 6.46. The van der Waals surface area contributed by atoms with Crippen molar-refractivity contribution in [2.45, 2.75) is 96.6 Å². The lowest BCUT2D eigenvalue weighted by molar-refractivity contribution is -0.144. The fraction of sp³-hybridized carbons (Fsp3) is 0.640. The van der Waals surface area contributed by atoms with E-state index < -0.39 is 6.23 Å². The highest BCUT2D eigenvalue weighted by atomic mass is 16.3. The number of carbonyl (C=O) groups excluding carboxylic acids is 1. The number of unbranched alkanes of at least 4 members (excludes halogenated alkanes) is 4. The first kappa shape index (κ1) is 24.4. The van der Waals surface area contributed by atoms with E-state index in [1.54, 1.807) is 4.90 Å². The second-order valence-electron chi connectivity index (χ2n) is 7.54. The molecule has 1 aliphatic heterocycles. The van der Waals surface area contributed by atoms with E-state index in [1.807, 2.05) is 0 Å². The topological polar surface area (TPSA) is 40.5 Å². The summed E-state index contributed by atoms with van der Waals surface area (Å²) in [5.41, 5.74) is 0. The molecule has 1 saturated heterocycles. The summed E-state index contributed by atoms with van der Waals surface area (Å²) in [5.74, 6) is 0.100. The third-order valence-electron chi connectivity index (χ3n) is 5.01. The second-order valence-corrected chi connectivity index (χ2v) is 7.54. The van der Waals surface area contributed by atoms with Crippen LogP contribution in [-0.4, -0.2) is 28.7 Å². The van der Waals surface area contributed by atoms with Gasteiger partial charge in [0.15, 0.2) is 0 Å². The van der Waals surface area contributed by atoms with E-state index in [0.29, 0.717) is 13.0 Å². The number of likely N-dealkylation sites (tertiary alicyclic amines) is 1. The van der Waals surface area contributed by atoms with E-state index in [0.717, 1.165) is 51.4 Å². The molecule has 0 spiro atoms. The summed E-state index contributed by atoms with van der Waals surface area (Å²) in [6.07, 6.45) is 30.4. The van der Waals surface area contributed by atoms with Crippen LogP contribution in [0.4, 0.5) is 0 Å². The molecular weight excluding hydrogens is 346 g/mol. The molecule has 3 nitrogen and oxygen atoms in total. The largest absolute Gasteiger partial charge is 0.374 e. The number of hydrogen-bond donors (Lipinski definition) is 1. The normalized spacial score (nSPS) is 18.4. The van der Waals surface area contributed by atoms with Crippen LogP contribution in [0, 0.1) is 0 Å². The highest BCUT2D eigenvalue weighted by Crippen LogP contribution is 2.16. The minimum absolute atomic E-state index is 0.100. The fourth-order valence-corrected chi connectivity index (χ4v) is 3.28. The van der Waals surface area contributed by atoms with Crippen LogP contribution in [-0.2, 0) is 4.79 Å². The molecule has 3 heteroatoms. The van der Waals surface area contributed by atoms with Gasteiger partial charge >= 0.3 is 0 Å². The van der Waals surface area contributed by atoms with Crippen LogP contribution in [0.15, 0.2) is 48.6 Å². The van der Waals surface area contributed by atoms with E-state index in [1.165, 1.54) is 25.7 Å². The number of hydrogen-bond acceptors (Lipinski definition) is 2. The average molecular weight is 388 g/mol. The van der Waals surface area contributed by atoms with Gasteiger partial charge in [-0.3, -0.25) is 4.79 Å². The maximum absolute atomic E-state index is 12.1. The zero-order chi connectivity index (χ0) is 20.3. The lowest BCUT2D eigenvalue weighted by Gasteiger charge is -2.32. The first-order valence-electron chi connectivity index (χ1n) is 11.3. The van der Waals surface area contributed by atoms with Crippen LogP contribution in [0.3, 0.4) is 0 Å². The molecule has 1 amide bonds. The Bertz CT molecular complexity index is 505. The Morgan fingerprint density at radius 2 is 1.43 bits per heavy atom. The fourth-order valence-electron chi connectivity index (χ4n) is 3.28. The molecule has 28 heavy (non-hydrogen) atoms. The Kier molecular flexibility index (Phi) is 15.3. The third kappa shape index (κ3) is 12.7. The van der Waals surface area contributed by atoms with Gasteiger partial charge in [-0.1, -0.05) is 68.4 Å². The van der Waals surface area contributed by atoms with Gasteiger partial charge in [0.1, 0.15) is 6.23 Å². The van der Waals surface area contributed by atoms with Gasteiger partial charge in [-0.25, -0.2) is 0 Å². The van der Waals surface area contributed by atoms with Crippen LogP contribution in [0.5, 0.6) is 0 Å². The van der Waals surface area contributed by atoms with Gasteiger partial charge in [-0.15, -0.1) is 0 Å². The molecule has 0 aliphatic carbocycles. The van der Waals surface area contributed by atoms with Crippen molar-refractivity contribution in [2.75, 3.05) is 6.54 Å². The summed E-state index contributed by atoms with van der Waals surface area (Å²) in [4.78, 5) is 13.7. The van der Waals surface area contributed by atoms with Crippen LogP contribution in [0.2, 0.25) is 0 Å². The monoisotopic (exact) mass is 387 g/mol. The summed E-state index contributed by atoms with van der Waals surface area (Å²) >= 11 is 0. The molecule has 0 aromatic rings. The van der Waals surface area contributed by atoms with Crippen molar-refractivity contribution >= 4 is 5.91 Å². The summed E-state index contributed by atoms with van der Waals surface area (Å²) < 4.78 is 0. The minimum atomic E-state index is -0.558. The van der Waals surface area contributed by atoms with Crippen LogP contribution in [0.25, 0.3) is 0 Å². The van der Waals surface area contributed by atoms with E-state index in [4.69, 9.17) is 0 Å². The van der Waals surface area contributed by atoms with E-state index in [-0.39, 0.29) is 5.91 Å². The SMILES string of the molecule is CCCCC/C=C\C/C=C\C/C=C\C/C=C\CCCC(=O)N1CCCCC1O. The smallest absolute Gasteiger partial charge is 0.224 e. The number of carbonyl (C=O) groups is 1. The molecule has 1 rings (SSSR count). The third-order valence-corrected chi connectivity index (χ3v) is 5.01. The first-order valence-corrected chi connectivity index (χ1v) is 11.3. The molecular formula is C25H41NO2. The van der Waals surface area contributed by atoms with Crippen LogP contribution < -0.4 is 0 Å². The van der Waals surface area contributed by atoms with Gasteiger partial charge in [-0.05, 0) is 64.2 Å². The summed E-state index contributed by atoms with van der Waals surface area (Å²) in [5, 5.41) is 9.86. The maximum Gasteiger partial charge on any atom is 0.224 e. The first-order chi connectivity index (χ1) is 13.8. The molecule has 1 N–H and O–H groups in total. The Morgan fingerprint density at radius 3 is 2.00 bits per heavy atom. The molecule has 158 valence electrons. The van der Waals surface area contributed by atoms with E-state index in [2.05, 4.69) is 55.5 Å². The molecule has 0 radical (unpaired) electrons. The lowest BCUT2D eigenvalue weighted by atomic mass is 10.1. The summed E-state index contributed by atoms with van der Waals surface area (Å²) in [6, 6.07) is 0. The number of allylic oxidation sites excluding steroid dienone is 8. The number of aliphatic hydroxyl groups excluding tert-OH is 1. The number of rotatable bonds is 14. The molecule has 1 atom stereocenters. The zero-order valence-electron chi connectivity index (χ0n) is 17.9. The maximum atomic E-state index is 12.1. The molecule has 1 heterocycles. The summed E-state index contributed by atoms with van der Waals surface area (Å²) in [7, 11) is 0. The Balaban J connectivity index is 1.97. The molecule has 0 aromatic carbocycles. The van der Waals surface area contributed by atoms with Gasteiger partial charge in [0, 0.05) is 13.0 Å². The molecule has 1 fully saturated rings. The average Bonchev–Trinajstić information content (AvgIpc) is 2.70. The number of aliphatic hydroxyl groups is 1. The molecule has 0 saturated carbocycles. The van der Waals surface area contributed by atoms with Crippen molar-refractivity contribution < 1.29 is 9.90 Å². The van der Waals surface area contributed by atoms with Gasteiger partial charge < -0.3 is 10.0 Å². The Morgan fingerprint density at radius 1 is 0.857 bits per heavy atom. The molecule has 1 aliphatic rings. The molecule has 1 unspecified atom stereocenters. The highest BCUT2D eigenvalue weighted by Gasteiger charge is 2.23. The van der Waals surface area contributed by atoms with Gasteiger partial charge in [0.05, 0.1) is 0 Å². The van der Waals surface area contributed by atoms with Crippen LogP contribution >= 0.6 is 0 Å². The molecule has 0 aromatic heterocycles. The van der Waals surface area contributed by atoms with Gasteiger partial charge in [0.2, 0.25) is 5.91 Å². The van der Waals surface area contributed by atoms with Crippen LogP contribution in [0.1, 0.15) is 90.4 Å². The van der Waals surface area contributed by atoms with E-state index in [9.17, 15) is 9.90 Å². The van der Waals surface area contributed by atoms with E-state index >= 15 is 0 Å². The van der Waals surface area contributed by atoms with Gasteiger partial charge in [-0.2, -0.15) is 0 Å². The quantitative estimate of drug-likeness (QED) is 0.274. The summed E-state index contributed by atoms with van der Waals surface area (Å²) in [6.45, 7) is 2.95. The van der Waals surface area contributed by atoms with Crippen molar-refractivity contribution in [3.63, 3.8) is 0 Å².